The summed E-state index contributed by atoms with van der Waals surface area (Å²) in [5.74, 6) is 1.75. The molecule has 0 saturated carbocycles. The third-order valence-electron chi connectivity index (χ3n) is 3.50. The highest BCUT2D eigenvalue weighted by atomic mass is 79.9. The third kappa shape index (κ3) is 7.87. The van der Waals surface area contributed by atoms with E-state index in [1.807, 2.05) is 12.1 Å². The minimum absolute atomic E-state index is 0.766. The fourth-order valence-corrected chi connectivity index (χ4v) is 3.03. The lowest BCUT2D eigenvalue weighted by molar-refractivity contribution is 0.294. The summed E-state index contributed by atoms with van der Waals surface area (Å²) in [6.45, 7) is 5.97. The molecule has 1 aromatic rings. The maximum Gasteiger partial charge on any atom is 0.134 e. The molecule has 0 fully saturated rings. The van der Waals surface area contributed by atoms with Gasteiger partial charge in [0.1, 0.15) is 11.5 Å². The molecular weight excluding hydrogens is 408 g/mol. The zero-order valence-electron chi connectivity index (χ0n) is 13.8. The van der Waals surface area contributed by atoms with Gasteiger partial charge in [-0.3, -0.25) is 0 Å². The molecule has 0 aliphatic heterocycles. The maximum atomic E-state index is 5.84. The Morgan fingerprint density at radius 1 is 0.682 bits per heavy atom. The Kier molecular flexibility index (Phi) is 11.0. The lowest BCUT2D eigenvalue weighted by atomic mass is 10.2. The van der Waals surface area contributed by atoms with Crippen LogP contribution in [0.15, 0.2) is 21.1 Å². The monoisotopic (exact) mass is 434 g/mol. The molecule has 0 bridgehead atoms. The van der Waals surface area contributed by atoms with Gasteiger partial charge in [0.25, 0.3) is 0 Å². The maximum absolute atomic E-state index is 5.84. The number of benzene rings is 1. The van der Waals surface area contributed by atoms with Crippen LogP contribution in [0.2, 0.25) is 0 Å². The van der Waals surface area contributed by atoms with E-state index in [1.165, 1.54) is 38.5 Å². The summed E-state index contributed by atoms with van der Waals surface area (Å²) in [6, 6.07) is 3.98. The Balaban J connectivity index is 2.42. The average Bonchev–Trinajstić information content (AvgIpc) is 2.51. The molecule has 1 aromatic carbocycles. The molecular formula is C18H28Br2O2. The SMILES string of the molecule is CCCCCCOc1cc(Br)c(OCCCCCC)cc1Br. The van der Waals surface area contributed by atoms with Gasteiger partial charge in [0, 0.05) is 0 Å². The number of hydrogen-bond acceptors (Lipinski definition) is 2. The van der Waals surface area contributed by atoms with E-state index in [4.69, 9.17) is 9.47 Å². The van der Waals surface area contributed by atoms with E-state index in [9.17, 15) is 0 Å². The van der Waals surface area contributed by atoms with E-state index in [-0.39, 0.29) is 0 Å². The summed E-state index contributed by atoms with van der Waals surface area (Å²) < 4.78 is 13.6. The second kappa shape index (κ2) is 12.2. The van der Waals surface area contributed by atoms with Crippen LogP contribution in [0.4, 0.5) is 0 Å². The lowest BCUT2D eigenvalue weighted by Crippen LogP contribution is -2.01. The zero-order chi connectivity index (χ0) is 16.2. The van der Waals surface area contributed by atoms with Gasteiger partial charge in [-0.1, -0.05) is 52.4 Å². The van der Waals surface area contributed by atoms with Crippen molar-refractivity contribution in [3.05, 3.63) is 21.1 Å². The molecule has 0 atom stereocenters. The highest BCUT2D eigenvalue weighted by Crippen LogP contribution is 2.36. The molecule has 0 heterocycles. The van der Waals surface area contributed by atoms with Crippen LogP contribution < -0.4 is 9.47 Å². The second-order valence-corrected chi connectivity index (χ2v) is 7.24. The van der Waals surface area contributed by atoms with E-state index in [2.05, 4.69) is 45.7 Å². The summed E-state index contributed by atoms with van der Waals surface area (Å²) in [5.41, 5.74) is 0. The molecule has 0 radical (unpaired) electrons. The first-order valence-corrected chi connectivity index (χ1v) is 10.0. The first-order chi connectivity index (χ1) is 10.7. The van der Waals surface area contributed by atoms with Crippen molar-refractivity contribution < 1.29 is 9.47 Å². The predicted octanol–water partition coefficient (Wildman–Crippen LogP) is 7.13. The molecule has 0 saturated heterocycles. The molecule has 0 amide bonds. The van der Waals surface area contributed by atoms with Crippen molar-refractivity contribution in [2.45, 2.75) is 65.2 Å². The van der Waals surface area contributed by atoms with Crippen LogP contribution in [0, 0.1) is 0 Å². The summed E-state index contributed by atoms with van der Waals surface area (Å²) >= 11 is 7.14. The normalized spacial score (nSPS) is 10.7. The van der Waals surface area contributed by atoms with E-state index in [0.717, 1.165) is 46.5 Å². The van der Waals surface area contributed by atoms with Crippen LogP contribution >= 0.6 is 31.9 Å². The summed E-state index contributed by atoms with van der Waals surface area (Å²) in [5, 5.41) is 0. The standard InChI is InChI=1S/C18H28Br2O2/c1-3-5-7-9-11-21-17-13-16(20)18(14-15(17)19)22-12-10-8-6-4-2/h13-14H,3-12H2,1-2H3. The van der Waals surface area contributed by atoms with E-state index in [0.29, 0.717) is 0 Å². The fourth-order valence-electron chi connectivity index (χ4n) is 2.15. The van der Waals surface area contributed by atoms with Crippen molar-refractivity contribution in [2.75, 3.05) is 13.2 Å². The van der Waals surface area contributed by atoms with Crippen LogP contribution in [-0.2, 0) is 0 Å². The van der Waals surface area contributed by atoms with Crippen molar-refractivity contribution in [1.82, 2.24) is 0 Å². The van der Waals surface area contributed by atoms with E-state index >= 15 is 0 Å². The fraction of sp³-hybridized carbons (Fsp3) is 0.667. The third-order valence-corrected chi connectivity index (χ3v) is 4.74. The quantitative estimate of drug-likeness (QED) is 0.325. The minimum Gasteiger partial charge on any atom is -0.492 e. The van der Waals surface area contributed by atoms with Crippen molar-refractivity contribution >= 4 is 31.9 Å². The van der Waals surface area contributed by atoms with E-state index < -0.39 is 0 Å². The van der Waals surface area contributed by atoms with Crippen LogP contribution in [0.25, 0.3) is 0 Å². The highest BCUT2D eigenvalue weighted by molar-refractivity contribution is 9.11. The van der Waals surface area contributed by atoms with Crippen molar-refractivity contribution in [3.63, 3.8) is 0 Å². The minimum atomic E-state index is 0.766. The molecule has 22 heavy (non-hydrogen) atoms. The molecule has 0 unspecified atom stereocenters. The topological polar surface area (TPSA) is 18.5 Å². The smallest absolute Gasteiger partial charge is 0.134 e. The van der Waals surface area contributed by atoms with Crippen LogP contribution in [-0.4, -0.2) is 13.2 Å². The van der Waals surface area contributed by atoms with Gasteiger partial charge < -0.3 is 9.47 Å². The highest BCUT2D eigenvalue weighted by Gasteiger charge is 2.09. The van der Waals surface area contributed by atoms with Crippen LogP contribution in [0.3, 0.4) is 0 Å². The summed E-state index contributed by atoms with van der Waals surface area (Å²) in [6.07, 6.45) is 9.72. The Morgan fingerprint density at radius 2 is 1.09 bits per heavy atom. The summed E-state index contributed by atoms with van der Waals surface area (Å²) in [4.78, 5) is 0. The van der Waals surface area contributed by atoms with Gasteiger partial charge in [-0.2, -0.15) is 0 Å². The second-order valence-electron chi connectivity index (χ2n) is 5.53. The Labute approximate surface area is 152 Å². The lowest BCUT2D eigenvalue weighted by Gasteiger charge is -2.13. The molecule has 0 aliphatic rings. The first-order valence-electron chi connectivity index (χ1n) is 8.43. The van der Waals surface area contributed by atoms with Gasteiger partial charge in [-0.15, -0.1) is 0 Å². The first kappa shape index (κ1) is 19.8. The summed E-state index contributed by atoms with van der Waals surface area (Å²) in [7, 11) is 0. The van der Waals surface area contributed by atoms with Gasteiger partial charge in [-0.05, 0) is 56.8 Å². The van der Waals surface area contributed by atoms with Gasteiger partial charge >= 0.3 is 0 Å². The molecule has 0 spiro atoms. The van der Waals surface area contributed by atoms with E-state index in [1.54, 1.807) is 0 Å². The number of hydrogen-bond donors (Lipinski definition) is 0. The number of halogens is 2. The van der Waals surface area contributed by atoms with Crippen LogP contribution in [0.5, 0.6) is 11.5 Å². The molecule has 0 N–H and O–H groups in total. The van der Waals surface area contributed by atoms with Crippen molar-refractivity contribution in [1.29, 1.82) is 0 Å². The Morgan fingerprint density at radius 3 is 1.45 bits per heavy atom. The van der Waals surface area contributed by atoms with Gasteiger partial charge in [0.15, 0.2) is 0 Å². The Bertz CT molecular complexity index is 382. The van der Waals surface area contributed by atoms with Gasteiger partial charge in [-0.25, -0.2) is 0 Å². The van der Waals surface area contributed by atoms with Crippen LogP contribution in [0.1, 0.15) is 65.2 Å². The number of unbranched alkanes of at least 4 members (excludes halogenated alkanes) is 6. The van der Waals surface area contributed by atoms with Gasteiger partial charge in [0.05, 0.1) is 22.2 Å². The average molecular weight is 436 g/mol. The number of ether oxygens (including phenoxy) is 2. The zero-order valence-corrected chi connectivity index (χ0v) is 17.0. The molecule has 126 valence electrons. The molecule has 0 aromatic heterocycles. The molecule has 2 nitrogen and oxygen atoms in total. The molecule has 1 rings (SSSR count). The predicted molar refractivity (Wildman–Crippen MR) is 101 cm³/mol. The Hall–Kier alpha value is -0.220. The van der Waals surface area contributed by atoms with Crippen molar-refractivity contribution in [3.8, 4) is 11.5 Å². The molecule has 4 heteroatoms. The number of rotatable bonds is 12. The molecule has 0 aliphatic carbocycles. The van der Waals surface area contributed by atoms with Gasteiger partial charge in [0.2, 0.25) is 0 Å². The largest absolute Gasteiger partial charge is 0.492 e. The van der Waals surface area contributed by atoms with Crippen molar-refractivity contribution in [2.24, 2.45) is 0 Å².